The second kappa shape index (κ2) is 5.53. The Kier molecular flexibility index (Phi) is 3.97. The number of pyridine rings is 1. The SMILES string of the molecule is CCCc1ccc(-c2cc(C(F)(F)F)cc(N)n2)cc1. The Labute approximate surface area is 115 Å². The summed E-state index contributed by atoms with van der Waals surface area (Å²) in [5, 5.41) is 0. The summed E-state index contributed by atoms with van der Waals surface area (Å²) in [6, 6.07) is 9.20. The zero-order valence-corrected chi connectivity index (χ0v) is 11.0. The van der Waals surface area contributed by atoms with Crippen molar-refractivity contribution in [1.29, 1.82) is 0 Å². The molecule has 1 heterocycles. The Bertz CT molecular complexity index is 589. The number of rotatable bonds is 3. The van der Waals surface area contributed by atoms with Crippen LogP contribution in [0.5, 0.6) is 0 Å². The maximum absolute atomic E-state index is 12.7. The van der Waals surface area contributed by atoms with E-state index < -0.39 is 11.7 Å². The summed E-state index contributed by atoms with van der Waals surface area (Å²) in [6.07, 6.45) is -2.46. The number of aryl methyl sites for hydroxylation is 1. The monoisotopic (exact) mass is 280 g/mol. The van der Waals surface area contributed by atoms with Gasteiger partial charge in [-0.1, -0.05) is 37.6 Å². The molecule has 0 radical (unpaired) electrons. The fraction of sp³-hybridized carbons (Fsp3) is 0.267. The molecule has 0 unspecified atom stereocenters. The van der Waals surface area contributed by atoms with Crippen molar-refractivity contribution in [3.8, 4) is 11.3 Å². The van der Waals surface area contributed by atoms with Gasteiger partial charge < -0.3 is 5.73 Å². The topological polar surface area (TPSA) is 38.9 Å². The van der Waals surface area contributed by atoms with Crippen molar-refractivity contribution in [3.05, 3.63) is 47.5 Å². The number of nitrogen functional groups attached to an aromatic ring is 1. The van der Waals surface area contributed by atoms with Crippen LogP contribution in [0.15, 0.2) is 36.4 Å². The average molecular weight is 280 g/mol. The van der Waals surface area contributed by atoms with Gasteiger partial charge in [0.2, 0.25) is 0 Å². The highest BCUT2D eigenvalue weighted by molar-refractivity contribution is 5.62. The number of aromatic nitrogens is 1. The quantitative estimate of drug-likeness (QED) is 0.910. The predicted molar refractivity (Wildman–Crippen MR) is 73.1 cm³/mol. The lowest BCUT2D eigenvalue weighted by atomic mass is 10.0. The lowest BCUT2D eigenvalue weighted by Gasteiger charge is -2.10. The van der Waals surface area contributed by atoms with Gasteiger partial charge in [-0.15, -0.1) is 0 Å². The van der Waals surface area contributed by atoms with E-state index in [-0.39, 0.29) is 11.5 Å². The number of nitrogens with zero attached hydrogens (tertiary/aromatic N) is 1. The molecule has 2 N–H and O–H groups in total. The zero-order valence-electron chi connectivity index (χ0n) is 11.0. The number of benzene rings is 1. The Balaban J connectivity index is 2.39. The first kappa shape index (κ1) is 14.4. The number of hydrogen-bond donors (Lipinski definition) is 1. The molecule has 1 aromatic heterocycles. The van der Waals surface area contributed by atoms with E-state index in [4.69, 9.17) is 5.73 Å². The van der Waals surface area contributed by atoms with Gasteiger partial charge in [-0.05, 0) is 24.1 Å². The molecule has 0 aliphatic carbocycles. The highest BCUT2D eigenvalue weighted by Gasteiger charge is 2.31. The average Bonchev–Trinajstić information content (AvgIpc) is 2.38. The van der Waals surface area contributed by atoms with Crippen LogP contribution in [0.2, 0.25) is 0 Å². The minimum absolute atomic E-state index is 0.132. The Hall–Kier alpha value is -2.04. The Morgan fingerprint density at radius 1 is 1.10 bits per heavy atom. The summed E-state index contributed by atoms with van der Waals surface area (Å²) in [5.41, 5.74) is 6.69. The fourth-order valence-electron chi connectivity index (χ4n) is 1.99. The first-order chi connectivity index (χ1) is 9.40. The molecule has 20 heavy (non-hydrogen) atoms. The van der Waals surface area contributed by atoms with Crippen LogP contribution in [-0.2, 0) is 12.6 Å². The van der Waals surface area contributed by atoms with Gasteiger partial charge in [0.15, 0.2) is 0 Å². The molecule has 1 aromatic carbocycles. The molecule has 0 saturated carbocycles. The molecular formula is C15H15F3N2. The molecule has 0 amide bonds. The second-order valence-corrected chi connectivity index (χ2v) is 4.61. The lowest BCUT2D eigenvalue weighted by molar-refractivity contribution is -0.137. The summed E-state index contributed by atoms with van der Waals surface area (Å²) in [7, 11) is 0. The first-order valence-electron chi connectivity index (χ1n) is 6.34. The van der Waals surface area contributed by atoms with Gasteiger partial charge in [-0.2, -0.15) is 13.2 Å². The summed E-state index contributed by atoms with van der Waals surface area (Å²) in [6.45, 7) is 2.07. The van der Waals surface area contributed by atoms with Crippen molar-refractivity contribution in [2.45, 2.75) is 25.9 Å². The maximum Gasteiger partial charge on any atom is 0.416 e. The molecule has 2 aromatic rings. The van der Waals surface area contributed by atoms with Crippen molar-refractivity contribution < 1.29 is 13.2 Å². The van der Waals surface area contributed by atoms with Gasteiger partial charge in [0, 0.05) is 5.56 Å². The minimum Gasteiger partial charge on any atom is -0.384 e. The Morgan fingerprint density at radius 3 is 2.30 bits per heavy atom. The second-order valence-electron chi connectivity index (χ2n) is 4.61. The van der Waals surface area contributed by atoms with E-state index in [0.717, 1.165) is 30.5 Å². The van der Waals surface area contributed by atoms with Gasteiger partial charge in [-0.3, -0.25) is 0 Å². The van der Waals surface area contributed by atoms with Crippen LogP contribution in [0.1, 0.15) is 24.5 Å². The van der Waals surface area contributed by atoms with Crippen LogP contribution < -0.4 is 5.73 Å². The number of halogens is 3. The predicted octanol–water partition coefficient (Wildman–Crippen LogP) is 4.30. The molecule has 0 aliphatic rings. The smallest absolute Gasteiger partial charge is 0.384 e. The highest BCUT2D eigenvalue weighted by atomic mass is 19.4. The first-order valence-corrected chi connectivity index (χ1v) is 6.34. The van der Waals surface area contributed by atoms with E-state index in [1.165, 1.54) is 0 Å². The molecule has 0 aliphatic heterocycles. The van der Waals surface area contributed by atoms with Crippen molar-refractivity contribution in [1.82, 2.24) is 4.98 Å². The van der Waals surface area contributed by atoms with Gasteiger partial charge in [0.25, 0.3) is 0 Å². The maximum atomic E-state index is 12.7. The molecule has 0 saturated heterocycles. The molecule has 0 fully saturated rings. The third kappa shape index (κ3) is 3.29. The van der Waals surface area contributed by atoms with Crippen molar-refractivity contribution >= 4 is 5.82 Å². The third-order valence-electron chi connectivity index (χ3n) is 2.96. The summed E-state index contributed by atoms with van der Waals surface area (Å²) in [4.78, 5) is 3.97. The van der Waals surface area contributed by atoms with Gasteiger partial charge in [0.1, 0.15) is 5.82 Å². The number of hydrogen-bond acceptors (Lipinski definition) is 2. The molecule has 2 rings (SSSR count). The van der Waals surface area contributed by atoms with Crippen LogP contribution in [0.3, 0.4) is 0 Å². The number of anilines is 1. The van der Waals surface area contributed by atoms with E-state index in [1.54, 1.807) is 12.1 Å². The molecule has 5 heteroatoms. The Morgan fingerprint density at radius 2 is 1.75 bits per heavy atom. The lowest BCUT2D eigenvalue weighted by Crippen LogP contribution is -2.07. The van der Waals surface area contributed by atoms with E-state index in [1.807, 2.05) is 12.1 Å². The summed E-state index contributed by atoms with van der Waals surface area (Å²) in [5.74, 6) is -0.132. The molecule has 2 nitrogen and oxygen atoms in total. The standard InChI is InChI=1S/C15H15F3N2/c1-2-3-10-4-6-11(7-5-10)13-8-12(15(16,17)18)9-14(19)20-13/h4-9H,2-3H2,1H3,(H2,19,20). The normalized spacial score (nSPS) is 11.6. The van der Waals surface area contributed by atoms with E-state index in [0.29, 0.717) is 5.56 Å². The molecule has 0 spiro atoms. The van der Waals surface area contributed by atoms with Crippen molar-refractivity contribution in [3.63, 3.8) is 0 Å². The molecule has 0 atom stereocenters. The van der Waals surface area contributed by atoms with Crippen LogP contribution in [0.25, 0.3) is 11.3 Å². The third-order valence-corrected chi connectivity index (χ3v) is 2.96. The van der Waals surface area contributed by atoms with Crippen LogP contribution in [0.4, 0.5) is 19.0 Å². The number of alkyl halides is 3. The molecule has 106 valence electrons. The summed E-state index contributed by atoms with van der Waals surface area (Å²) >= 11 is 0. The van der Waals surface area contributed by atoms with Crippen molar-refractivity contribution in [2.24, 2.45) is 0 Å². The van der Waals surface area contributed by atoms with Gasteiger partial charge in [-0.25, -0.2) is 4.98 Å². The van der Waals surface area contributed by atoms with Crippen LogP contribution in [-0.4, -0.2) is 4.98 Å². The van der Waals surface area contributed by atoms with Crippen LogP contribution >= 0.6 is 0 Å². The number of nitrogens with two attached hydrogens (primary N) is 1. The fourth-order valence-corrected chi connectivity index (χ4v) is 1.99. The van der Waals surface area contributed by atoms with Crippen molar-refractivity contribution in [2.75, 3.05) is 5.73 Å². The van der Waals surface area contributed by atoms with Gasteiger partial charge in [0.05, 0.1) is 11.3 Å². The minimum atomic E-state index is -4.42. The van der Waals surface area contributed by atoms with E-state index in [2.05, 4.69) is 11.9 Å². The van der Waals surface area contributed by atoms with E-state index >= 15 is 0 Å². The largest absolute Gasteiger partial charge is 0.416 e. The zero-order chi connectivity index (χ0) is 14.8. The van der Waals surface area contributed by atoms with E-state index in [9.17, 15) is 13.2 Å². The molecular weight excluding hydrogens is 265 g/mol. The highest BCUT2D eigenvalue weighted by Crippen LogP contribution is 2.32. The molecule has 0 bridgehead atoms. The van der Waals surface area contributed by atoms with Gasteiger partial charge >= 0.3 is 6.18 Å². The van der Waals surface area contributed by atoms with Crippen LogP contribution in [0, 0.1) is 0 Å². The summed E-state index contributed by atoms with van der Waals surface area (Å²) < 4.78 is 38.2.